The number of hydrogen-bond donors (Lipinski definition) is 0. The quantitative estimate of drug-likeness (QED) is 0.154. The summed E-state index contributed by atoms with van der Waals surface area (Å²) >= 11 is 0. The molecule has 2 heterocycles. The Bertz CT molecular complexity index is 2930. The van der Waals surface area contributed by atoms with Crippen molar-refractivity contribution in [1.29, 1.82) is 0 Å². The van der Waals surface area contributed by atoms with Gasteiger partial charge < -0.3 is 0 Å². The highest BCUT2D eigenvalue weighted by Gasteiger charge is 2.15. The number of benzene rings is 8. The van der Waals surface area contributed by atoms with Gasteiger partial charge >= 0.3 is 0 Å². The van der Waals surface area contributed by atoms with Gasteiger partial charge in [0.2, 0.25) is 0 Å². The van der Waals surface area contributed by atoms with Gasteiger partial charge in [0.25, 0.3) is 0 Å². The Hall–Kier alpha value is -7.42. The molecule has 8 aromatic carbocycles. The average molecular weight is 713 g/mol. The summed E-state index contributed by atoms with van der Waals surface area (Å²) in [6.07, 6.45) is 0. The van der Waals surface area contributed by atoms with Crippen LogP contribution >= 0.6 is 0 Å². The van der Waals surface area contributed by atoms with Crippen LogP contribution in [0.2, 0.25) is 0 Å². The molecule has 262 valence electrons. The van der Waals surface area contributed by atoms with E-state index >= 15 is 0 Å². The van der Waals surface area contributed by atoms with Gasteiger partial charge in [0.1, 0.15) is 0 Å². The van der Waals surface area contributed by atoms with Gasteiger partial charge in [-0.1, -0.05) is 176 Å². The Morgan fingerprint density at radius 2 is 0.661 bits per heavy atom. The number of rotatable bonds is 7. The lowest BCUT2D eigenvalue weighted by atomic mass is 9.92. The molecule has 0 aliphatic heterocycles. The Kier molecular flexibility index (Phi) is 8.55. The van der Waals surface area contributed by atoms with Crippen molar-refractivity contribution in [3.8, 4) is 78.3 Å². The van der Waals surface area contributed by atoms with E-state index in [-0.39, 0.29) is 0 Å². The molecule has 0 unspecified atom stereocenters. The largest absolute Gasteiger partial charge is 0.248 e. The number of nitrogens with zero attached hydrogens (tertiary/aromatic N) is 2. The van der Waals surface area contributed by atoms with Crippen molar-refractivity contribution in [2.24, 2.45) is 0 Å². The van der Waals surface area contributed by atoms with E-state index in [4.69, 9.17) is 9.97 Å². The third-order valence-corrected chi connectivity index (χ3v) is 10.6. The minimum Gasteiger partial charge on any atom is -0.248 e. The van der Waals surface area contributed by atoms with Crippen molar-refractivity contribution in [2.45, 2.75) is 0 Å². The van der Waals surface area contributed by atoms with Crippen molar-refractivity contribution in [1.82, 2.24) is 9.97 Å². The molecule has 2 heteroatoms. The first-order valence-corrected chi connectivity index (χ1v) is 19.1. The molecule has 0 bridgehead atoms. The van der Waals surface area contributed by atoms with Gasteiger partial charge in [-0.2, -0.15) is 0 Å². The molecule has 0 saturated heterocycles. The van der Waals surface area contributed by atoms with Crippen molar-refractivity contribution in [3.63, 3.8) is 0 Å². The van der Waals surface area contributed by atoms with E-state index in [2.05, 4.69) is 200 Å². The van der Waals surface area contributed by atoms with E-state index < -0.39 is 0 Å². The second-order valence-corrected chi connectivity index (χ2v) is 14.2. The highest BCUT2D eigenvalue weighted by molar-refractivity contribution is 6.14. The Balaban J connectivity index is 1.07. The van der Waals surface area contributed by atoms with Crippen LogP contribution in [-0.2, 0) is 0 Å². The van der Waals surface area contributed by atoms with Gasteiger partial charge in [0.05, 0.1) is 22.6 Å². The molecule has 10 rings (SSSR count). The number of fused-ring (bicyclic) bond motifs is 3. The summed E-state index contributed by atoms with van der Waals surface area (Å²) in [5.74, 6) is 0. The van der Waals surface area contributed by atoms with Gasteiger partial charge in [-0.05, 0) is 97.7 Å². The highest BCUT2D eigenvalue weighted by atomic mass is 14.7. The van der Waals surface area contributed by atoms with Crippen LogP contribution in [-0.4, -0.2) is 9.97 Å². The summed E-state index contributed by atoms with van der Waals surface area (Å²) in [4.78, 5) is 10.3. The molecular formula is C54H36N2. The normalized spacial score (nSPS) is 11.2. The number of pyridine rings is 2. The maximum Gasteiger partial charge on any atom is 0.0722 e. The van der Waals surface area contributed by atoms with Crippen LogP contribution in [0.3, 0.4) is 0 Å². The van der Waals surface area contributed by atoms with Crippen molar-refractivity contribution < 1.29 is 0 Å². The summed E-state index contributed by atoms with van der Waals surface area (Å²) in [7, 11) is 0. The fraction of sp³-hybridized carbons (Fsp3) is 0. The molecule has 56 heavy (non-hydrogen) atoms. The second kappa shape index (κ2) is 14.4. The Morgan fingerprint density at radius 1 is 0.250 bits per heavy atom. The van der Waals surface area contributed by atoms with Crippen LogP contribution in [0.15, 0.2) is 218 Å². The third kappa shape index (κ3) is 6.44. The maximum atomic E-state index is 5.21. The Morgan fingerprint density at radius 3 is 1.18 bits per heavy atom. The van der Waals surface area contributed by atoms with E-state index in [1.54, 1.807) is 0 Å². The molecule has 0 radical (unpaired) electrons. The van der Waals surface area contributed by atoms with Crippen molar-refractivity contribution in [3.05, 3.63) is 218 Å². The minimum absolute atomic E-state index is 0.958. The zero-order valence-electron chi connectivity index (χ0n) is 30.7. The van der Waals surface area contributed by atoms with Crippen LogP contribution in [0.5, 0.6) is 0 Å². The molecule has 10 aromatic rings. The van der Waals surface area contributed by atoms with Gasteiger partial charge in [0.15, 0.2) is 0 Å². The Labute approximate surface area is 327 Å². The lowest BCUT2D eigenvalue weighted by Gasteiger charge is -2.14. The zero-order chi connectivity index (χ0) is 37.3. The highest BCUT2D eigenvalue weighted by Crippen LogP contribution is 2.39. The van der Waals surface area contributed by atoms with Gasteiger partial charge in [-0.25, -0.2) is 9.97 Å². The van der Waals surface area contributed by atoms with E-state index in [1.165, 1.54) is 49.5 Å². The van der Waals surface area contributed by atoms with Crippen LogP contribution in [0.4, 0.5) is 0 Å². The molecular weight excluding hydrogens is 677 g/mol. The molecule has 0 aliphatic rings. The first-order valence-electron chi connectivity index (χ1n) is 19.1. The molecule has 0 aliphatic carbocycles. The lowest BCUT2D eigenvalue weighted by molar-refractivity contribution is 1.32. The van der Waals surface area contributed by atoms with Crippen LogP contribution in [0.25, 0.3) is 100.0 Å². The summed E-state index contributed by atoms with van der Waals surface area (Å²) in [6, 6.07) is 77.6. The molecule has 0 fully saturated rings. The molecule has 0 amide bonds. The average Bonchev–Trinajstić information content (AvgIpc) is 3.29. The molecule has 0 spiro atoms. The molecule has 0 N–H and O–H groups in total. The standard InChI is InChI=1S/C54H36N2/c1-5-15-37(16-6-1)49-36-53(41-21-11-4-12-22-41)55-50-30-29-38-27-28-46(33-48(38)54(49)50)44-25-13-23-42(31-44)43-24-14-26-45(32-43)47-34-51(39-17-7-2-8-18-39)56-52(35-47)40-19-9-3-10-20-40/h1-36H. The maximum absolute atomic E-state index is 5.21. The van der Waals surface area contributed by atoms with Crippen LogP contribution in [0, 0.1) is 0 Å². The van der Waals surface area contributed by atoms with Gasteiger partial charge in [0, 0.05) is 22.1 Å². The zero-order valence-corrected chi connectivity index (χ0v) is 30.7. The summed E-state index contributed by atoms with van der Waals surface area (Å²) in [6.45, 7) is 0. The predicted octanol–water partition coefficient (Wildman–Crippen LogP) is 14.5. The monoisotopic (exact) mass is 712 g/mol. The SMILES string of the molecule is c1ccc(-c2cc(-c3cccc(-c4cccc(-c5ccc6ccc7nc(-c8ccccc8)cc(-c8ccccc8)c7c6c5)c4)c3)cc(-c3ccccc3)n2)cc1. The summed E-state index contributed by atoms with van der Waals surface area (Å²) < 4.78 is 0. The second-order valence-electron chi connectivity index (χ2n) is 14.2. The van der Waals surface area contributed by atoms with Gasteiger partial charge in [-0.3, -0.25) is 0 Å². The summed E-state index contributed by atoms with van der Waals surface area (Å²) in [5.41, 5.74) is 16.5. The minimum atomic E-state index is 0.958. The van der Waals surface area contributed by atoms with Crippen molar-refractivity contribution >= 4 is 21.7 Å². The van der Waals surface area contributed by atoms with Crippen LogP contribution in [0.1, 0.15) is 0 Å². The van der Waals surface area contributed by atoms with E-state index in [9.17, 15) is 0 Å². The molecule has 0 atom stereocenters. The number of hydrogen-bond acceptors (Lipinski definition) is 2. The third-order valence-electron chi connectivity index (χ3n) is 10.6. The smallest absolute Gasteiger partial charge is 0.0722 e. The summed E-state index contributed by atoms with van der Waals surface area (Å²) in [5, 5.41) is 3.55. The van der Waals surface area contributed by atoms with E-state index in [0.717, 1.165) is 50.4 Å². The fourth-order valence-electron chi connectivity index (χ4n) is 7.80. The molecule has 0 saturated carbocycles. The fourth-order valence-corrected chi connectivity index (χ4v) is 7.80. The first kappa shape index (κ1) is 33.2. The topological polar surface area (TPSA) is 25.8 Å². The van der Waals surface area contributed by atoms with E-state index in [0.29, 0.717) is 0 Å². The van der Waals surface area contributed by atoms with Crippen LogP contribution < -0.4 is 0 Å². The predicted molar refractivity (Wildman–Crippen MR) is 235 cm³/mol. The lowest BCUT2D eigenvalue weighted by Crippen LogP contribution is -1.92. The van der Waals surface area contributed by atoms with E-state index in [1.807, 2.05) is 18.2 Å². The molecule has 2 nitrogen and oxygen atoms in total. The number of aromatic nitrogens is 2. The molecule has 2 aromatic heterocycles. The van der Waals surface area contributed by atoms with Crippen molar-refractivity contribution in [2.75, 3.05) is 0 Å². The van der Waals surface area contributed by atoms with Gasteiger partial charge in [-0.15, -0.1) is 0 Å². The first-order chi connectivity index (χ1) is 27.7.